The van der Waals surface area contributed by atoms with Crippen molar-refractivity contribution in [2.75, 3.05) is 0 Å². The molecule has 0 heterocycles. The van der Waals surface area contributed by atoms with E-state index in [9.17, 15) is 4.39 Å². The third-order valence-electron chi connectivity index (χ3n) is 2.45. The van der Waals surface area contributed by atoms with Gasteiger partial charge in [0.25, 0.3) is 0 Å². The topological polar surface area (TPSA) is 0 Å². The van der Waals surface area contributed by atoms with Crippen molar-refractivity contribution < 1.29 is 4.39 Å². The molecule has 0 N–H and O–H groups in total. The summed E-state index contributed by atoms with van der Waals surface area (Å²) in [5.41, 5.74) is 2.14. The molecule has 0 radical (unpaired) electrons. The monoisotopic (exact) mass is 176 g/mol. The van der Waals surface area contributed by atoms with Crippen LogP contribution in [0.1, 0.15) is 24.0 Å². The van der Waals surface area contributed by atoms with Crippen LogP contribution < -0.4 is 0 Å². The Bertz CT molecular complexity index is 335. The first-order chi connectivity index (χ1) is 6.27. The van der Waals surface area contributed by atoms with Crippen LogP contribution in [0.15, 0.2) is 30.1 Å². The Hall–Kier alpha value is -1.11. The van der Waals surface area contributed by atoms with Gasteiger partial charge in [0, 0.05) is 5.92 Å². The average Bonchev–Trinajstić information content (AvgIpc) is 2.91. The number of rotatable bonds is 2. The lowest BCUT2D eigenvalue weighted by Crippen LogP contribution is -1.81. The van der Waals surface area contributed by atoms with Gasteiger partial charge in [-0.05, 0) is 37.0 Å². The van der Waals surface area contributed by atoms with Crippen LogP contribution in [0.2, 0.25) is 0 Å². The van der Waals surface area contributed by atoms with Gasteiger partial charge in [0.05, 0.1) is 0 Å². The molecule has 0 spiro atoms. The molecule has 0 aliphatic heterocycles. The summed E-state index contributed by atoms with van der Waals surface area (Å²) in [5.74, 6) is 0.272. The van der Waals surface area contributed by atoms with Gasteiger partial charge in [-0.3, -0.25) is 0 Å². The molecule has 13 heavy (non-hydrogen) atoms. The number of aryl methyl sites for hydroxylation is 1. The molecule has 1 aliphatic carbocycles. The molecular weight excluding hydrogens is 163 g/mol. The molecule has 0 bridgehead atoms. The second kappa shape index (κ2) is 3.33. The zero-order valence-electron chi connectivity index (χ0n) is 7.76. The van der Waals surface area contributed by atoms with E-state index in [2.05, 4.69) is 0 Å². The van der Waals surface area contributed by atoms with Gasteiger partial charge in [0.15, 0.2) is 0 Å². The van der Waals surface area contributed by atoms with Gasteiger partial charge in [-0.25, -0.2) is 4.39 Å². The second-order valence-electron chi connectivity index (χ2n) is 3.66. The maximum atomic E-state index is 13.3. The van der Waals surface area contributed by atoms with E-state index in [1.807, 2.05) is 31.2 Å². The highest BCUT2D eigenvalue weighted by atomic mass is 19.1. The van der Waals surface area contributed by atoms with E-state index in [4.69, 9.17) is 0 Å². The fourth-order valence-electron chi connectivity index (χ4n) is 1.37. The van der Waals surface area contributed by atoms with E-state index >= 15 is 0 Å². The van der Waals surface area contributed by atoms with E-state index < -0.39 is 0 Å². The largest absolute Gasteiger partial charge is 0.212 e. The predicted octanol–water partition coefficient (Wildman–Crippen LogP) is 3.72. The van der Waals surface area contributed by atoms with Crippen molar-refractivity contribution in [3.63, 3.8) is 0 Å². The lowest BCUT2D eigenvalue weighted by Gasteiger charge is -1.99. The maximum Gasteiger partial charge on any atom is 0.104 e. The standard InChI is InChI=1S/C12H13F/c1-9-4-2-3-5-11(9)8-12(13)10-6-7-10/h2-5,8,10H,6-7H2,1H3/b12-8+. The van der Waals surface area contributed by atoms with Crippen LogP contribution in [0.3, 0.4) is 0 Å². The van der Waals surface area contributed by atoms with E-state index in [-0.39, 0.29) is 11.7 Å². The number of hydrogen-bond acceptors (Lipinski definition) is 0. The highest BCUT2D eigenvalue weighted by molar-refractivity contribution is 5.55. The Balaban J connectivity index is 2.25. The lowest BCUT2D eigenvalue weighted by molar-refractivity contribution is 0.586. The van der Waals surface area contributed by atoms with E-state index in [0.717, 1.165) is 24.0 Å². The van der Waals surface area contributed by atoms with Crippen LogP contribution in [0.4, 0.5) is 4.39 Å². The Morgan fingerprint density at radius 2 is 2.08 bits per heavy atom. The van der Waals surface area contributed by atoms with Crippen LogP contribution in [-0.2, 0) is 0 Å². The van der Waals surface area contributed by atoms with Crippen molar-refractivity contribution >= 4 is 6.08 Å². The van der Waals surface area contributed by atoms with Crippen molar-refractivity contribution in [3.05, 3.63) is 41.2 Å². The molecule has 0 aromatic heterocycles. The summed E-state index contributed by atoms with van der Waals surface area (Å²) in [6.07, 6.45) is 3.72. The third-order valence-corrected chi connectivity index (χ3v) is 2.45. The quantitative estimate of drug-likeness (QED) is 0.644. The fourth-order valence-corrected chi connectivity index (χ4v) is 1.37. The average molecular weight is 176 g/mol. The zero-order valence-corrected chi connectivity index (χ0v) is 7.76. The molecule has 1 saturated carbocycles. The number of allylic oxidation sites excluding steroid dienone is 1. The summed E-state index contributed by atoms with van der Waals surface area (Å²) >= 11 is 0. The van der Waals surface area contributed by atoms with Crippen molar-refractivity contribution in [1.29, 1.82) is 0 Å². The molecule has 2 rings (SSSR count). The van der Waals surface area contributed by atoms with Crippen molar-refractivity contribution in [2.45, 2.75) is 19.8 Å². The number of halogens is 1. The van der Waals surface area contributed by atoms with Crippen LogP contribution in [0.25, 0.3) is 6.08 Å². The number of hydrogen-bond donors (Lipinski definition) is 0. The smallest absolute Gasteiger partial charge is 0.104 e. The molecule has 0 unspecified atom stereocenters. The molecular formula is C12H13F. The molecule has 68 valence electrons. The molecule has 1 aromatic carbocycles. The second-order valence-corrected chi connectivity index (χ2v) is 3.66. The summed E-state index contributed by atoms with van der Waals surface area (Å²) in [5, 5.41) is 0. The summed E-state index contributed by atoms with van der Waals surface area (Å²) in [6, 6.07) is 7.88. The predicted molar refractivity (Wildman–Crippen MR) is 53.0 cm³/mol. The summed E-state index contributed by atoms with van der Waals surface area (Å²) < 4.78 is 13.3. The first-order valence-electron chi connectivity index (χ1n) is 4.70. The van der Waals surface area contributed by atoms with E-state index in [1.54, 1.807) is 6.08 Å². The van der Waals surface area contributed by atoms with Crippen molar-refractivity contribution in [2.24, 2.45) is 5.92 Å². The first kappa shape index (κ1) is 8.49. The Kier molecular flexibility index (Phi) is 2.17. The first-order valence-corrected chi connectivity index (χ1v) is 4.70. The fraction of sp³-hybridized carbons (Fsp3) is 0.333. The molecule has 0 atom stereocenters. The molecule has 0 saturated heterocycles. The minimum Gasteiger partial charge on any atom is -0.212 e. The van der Waals surface area contributed by atoms with Gasteiger partial charge >= 0.3 is 0 Å². The third kappa shape index (κ3) is 1.97. The van der Waals surface area contributed by atoms with Crippen molar-refractivity contribution in [1.82, 2.24) is 0 Å². The molecule has 1 aromatic rings. The van der Waals surface area contributed by atoms with Gasteiger partial charge in [-0.1, -0.05) is 24.3 Å². The van der Waals surface area contributed by atoms with Gasteiger partial charge in [0.1, 0.15) is 5.83 Å². The van der Waals surface area contributed by atoms with Crippen molar-refractivity contribution in [3.8, 4) is 0 Å². The summed E-state index contributed by atoms with van der Waals surface area (Å²) in [6.45, 7) is 2.01. The van der Waals surface area contributed by atoms with E-state index in [0.29, 0.717) is 0 Å². The highest BCUT2D eigenvalue weighted by Crippen LogP contribution is 2.38. The van der Waals surface area contributed by atoms with Crippen LogP contribution in [0.5, 0.6) is 0 Å². The SMILES string of the molecule is Cc1ccccc1/C=C(/F)C1CC1. The van der Waals surface area contributed by atoms with Gasteiger partial charge in [-0.15, -0.1) is 0 Å². The summed E-state index contributed by atoms with van der Waals surface area (Å²) in [7, 11) is 0. The van der Waals surface area contributed by atoms with Crippen LogP contribution in [0, 0.1) is 12.8 Å². The zero-order chi connectivity index (χ0) is 9.26. The Labute approximate surface area is 78.1 Å². The van der Waals surface area contributed by atoms with E-state index in [1.165, 1.54) is 0 Å². The molecule has 1 aliphatic rings. The number of benzene rings is 1. The van der Waals surface area contributed by atoms with Crippen LogP contribution in [-0.4, -0.2) is 0 Å². The van der Waals surface area contributed by atoms with Gasteiger partial charge in [0.2, 0.25) is 0 Å². The minimum atomic E-state index is 0.0503. The van der Waals surface area contributed by atoms with Gasteiger partial charge < -0.3 is 0 Å². The highest BCUT2D eigenvalue weighted by Gasteiger charge is 2.26. The Morgan fingerprint density at radius 3 is 2.69 bits per heavy atom. The molecule has 0 amide bonds. The lowest BCUT2D eigenvalue weighted by atomic mass is 10.1. The normalized spacial score (nSPS) is 17.5. The summed E-state index contributed by atoms with van der Waals surface area (Å²) in [4.78, 5) is 0. The molecule has 1 heteroatoms. The Morgan fingerprint density at radius 1 is 1.38 bits per heavy atom. The minimum absolute atomic E-state index is 0.0503. The van der Waals surface area contributed by atoms with Crippen LogP contribution >= 0.6 is 0 Å². The molecule has 0 nitrogen and oxygen atoms in total. The van der Waals surface area contributed by atoms with Gasteiger partial charge in [-0.2, -0.15) is 0 Å². The maximum absolute atomic E-state index is 13.3. The molecule has 1 fully saturated rings.